The third-order valence-corrected chi connectivity index (χ3v) is 7.80. The second-order valence-corrected chi connectivity index (χ2v) is 10.7. The molecule has 2 heterocycles. The second-order valence-electron chi connectivity index (χ2n) is 9.80. The van der Waals surface area contributed by atoms with Crippen molar-refractivity contribution in [3.05, 3.63) is 86.9 Å². The maximum Gasteiger partial charge on any atom is 0.238 e. The van der Waals surface area contributed by atoms with Crippen molar-refractivity contribution in [3.8, 4) is 6.07 Å². The minimum atomic E-state index is -1.62. The fourth-order valence-corrected chi connectivity index (χ4v) is 6.51. The summed E-state index contributed by atoms with van der Waals surface area (Å²) in [5.41, 5.74) is 5.81. The van der Waals surface area contributed by atoms with Gasteiger partial charge in [-0.1, -0.05) is 54.0 Å². The number of ketones is 2. The molecule has 7 heteroatoms. The van der Waals surface area contributed by atoms with Gasteiger partial charge in [-0.15, -0.1) is 0 Å². The molecule has 0 radical (unpaired) electrons. The Morgan fingerprint density at radius 3 is 2.48 bits per heavy atom. The van der Waals surface area contributed by atoms with Gasteiger partial charge in [0.2, 0.25) is 11.6 Å². The number of anilines is 1. The number of nitrogens with two attached hydrogens (primary N) is 1. The molecule has 0 aromatic heterocycles. The molecule has 0 fully saturated rings. The molecule has 2 aliphatic heterocycles. The van der Waals surface area contributed by atoms with E-state index in [9.17, 15) is 14.9 Å². The summed E-state index contributed by atoms with van der Waals surface area (Å²) in [7, 11) is 0. The molecule has 4 aliphatic rings. The Hall–Kier alpha value is -3.37. The Balaban J connectivity index is 1.79. The fourth-order valence-electron chi connectivity index (χ4n) is 6.25. The molecule has 2 atom stereocenters. The SMILES string of the molecule is CC1(C)CC(=O)C2=C(C1)N(c1ccc(Br)cc1)[C@]13OC(N)=C(C#N)[C@]21C(=O)c1ccccc13. The summed E-state index contributed by atoms with van der Waals surface area (Å²) in [6, 6.07) is 17.0. The van der Waals surface area contributed by atoms with Crippen molar-refractivity contribution in [1.82, 2.24) is 0 Å². The van der Waals surface area contributed by atoms with E-state index < -0.39 is 11.1 Å². The van der Waals surface area contributed by atoms with Crippen LogP contribution in [0.25, 0.3) is 0 Å². The van der Waals surface area contributed by atoms with Crippen LogP contribution in [0.3, 0.4) is 0 Å². The molecular formula is C26H20BrN3O3. The van der Waals surface area contributed by atoms with Gasteiger partial charge in [0.1, 0.15) is 11.6 Å². The van der Waals surface area contributed by atoms with Crippen LogP contribution in [-0.2, 0) is 15.3 Å². The van der Waals surface area contributed by atoms with Gasteiger partial charge in [-0.3, -0.25) is 9.59 Å². The molecule has 164 valence electrons. The number of carbonyl (C=O) groups excluding carboxylic acids is 2. The molecule has 0 saturated heterocycles. The summed E-state index contributed by atoms with van der Waals surface area (Å²) < 4.78 is 7.33. The molecule has 0 saturated carbocycles. The summed E-state index contributed by atoms with van der Waals surface area (Å²) in [6.45, 7) is 4.08. The number of Topliss-reactive ketones (excluding diaryl/α,β-unsaturated/α-hetero) is 2. The van der Waals surface area contributed by atoms with Gasteiger partial charge in [0.05, 0.1) is 0 Å². The van der Waals surface area contributed by atoms with E-state index >= 15 is 0 Å². The molecule has 2 aromatic rings. The van der Waals surface area contributed by atoms with E-state index in [1.807, 2.05) is 55.1 Å². The number of allylic oxidation sites excluding steroid dienone is 1. The molecule has 33 heavy (non-hydrogen) atoms. The lowest BCUT2D eigenvalue weighted by Gasteiger charge is -2.42. The molecule has 2 aromatic carbocycles. The first kappa shape index (κ1) is 20.3. The van der Waals surface area contributed by atoms with Crippen LogP contribution >= 0.6 is 15.9 Å². The molecular weight excluding hydrogens is 482 g/mol. The van der Waals surface area contributed by atoms with E-state index in [0.29, 0.717) is 23.1 Å². The minimum absolute atomic E-state index is 0.0175. The summed E-state index contributed by atoms with van der Waals surface area (Å²) in [5.74, 6) is -0.556. The van der Waals surface area contributed by atoms with Crippen molar-refractivity contribution < 1.29 is 14.3 Å². The van der Waals surface area contributed by atoms with Gasteiger partial charge in [-0.05, 0) is 36.1 Å². The quantitative estimate of drug-likeness (QED) is 0.609. The number of carbonyl (C=O) groups is 2. The number of hydrogen-bond acceptors (Lipinski definition) is 6. The van der Waals surface area contributed by atoms with Gasteiger partial charge in [-0.25, -0.2) is 0 Å². The lowest BCUT2D eigenvalue weighted by Crippen LogP contribution is -2.52. The monoisotopic (exact) mass is 501 g/mol. The summed E-state index contributed by atoms with van der Waals surface area (Å²) in [4.78, 5) is 30.0. The van der Waals surface area contributed by atoms with Gasteiger partial charge >= 0.3 is 0 Å². The van der Waals surface area contributed by atoms with E-state index in [4.69, 9.17) is 10.5 Å². The van der Waals surface area contributed by atoms with Crippen molar-refractivity contribution in [1.29, 1.82) is 5.26 Å². The molecule has 2 aliphatic carbocycles. The summed E-state index contributed by atoms with van der Waals surface area (Å²) >= 11 is 3.48. The Morgan fingerprint density at radius 2 is 1.79 bits per heavy atom. The predicted octanol–water partition coefficient (Wildman–Crippen LogP) is 4.67. The molecule has 6 rings (SSSR count). The molecule has 2 N–H and O–H groups in total. The van der Waals surface area contributed by atoms with Gasteiger partial charge in [0.15, 0.2) is 17.0 Å². The first-order chi connectivity index (χ1) is 15.7. The van der Waals surface area contributed by atoms with Crippen LogP contribution in [0.4, 0.5) is 5.69 Å². The topological polar surface area (TPSA) is 96.4 Å². The van der Waals surface area contributed by atoms with Crippen LogP contribution in [-0.4, -0.2) is 11.6 Å². The molecule has 0 spiro atoms. The zero-order chi connectivity index (χ0) is 23.3. The highest BCUT2D eigenvalue weighted by molar-refractivity contribution is 9.10. The molecule has 0 unspecified atom stereocenters. The number of hydrogen-bond donors (Lipinski definition) is 1. The number of halogens is 1. The lowest BCUT2D eigenvalue weighted by molar-refractivity contribution is -0.119. The number of nitrogens with zero attached hydrogens (tertiary/aromatic N) is 2. The van der Waals surface area contributed by atoms with Crippen molar-refractivity contribution >= 4 is 33.2 Å². The first-order valence-electron chi connectivity index (χ1n) is 10.8. The highest BCUT2D eigenvalue weighted by atomic mass is 79.9. The third-order valence-electron chi connectivity index (χ3n) is 7.27. The van der Waals surface area contributed by atoms with E-state index in [1.54, 1.807) is 12.1 Å². The third kappa shape index (κ3) is 2.13. The van der Waals surface area contributed by atoms with E-state index in [-0.39, 0.29) is 34.9 Å². The van der Waals surface area contributed by atoms with Gasteiger partial charge < -0.3 is 15.4 Å². The average molecular weight is 502 g/mol. The Morgan fingerprint density at radius 1 is 1.09 bits per heavy atom. The van der Waals surface area contributed by atoms with Crippen LogP contribution in [0.5, 0.6) is 0 Å². The van der Waals surface area contributed by atoms with E-state index in [1.165, 1.54) is 0 Å². The summed E-state index contributed by atoms with van der Waals surface area (Å²) in [6.07, 6.45) is 0.838. The molecule has 0 amide bonds. The van der Waals surface area contributed by atoms with Crippen LogP contribution in [0.1, 0.15) is 42.6 Å². The number of nitriles is 1. The summed E-state index contributed by atoms with van der Waals surface area (Å²) in [5, 5.41) is 10.2. The molecule has 0 bridgehead atoms. The first-order valence-corrected chi connectivity index (χ1v) is 11.5. The predicted molar refractivity (Wildman–Crippen MR) is 124 cm³/mol. The van der Waals surface area contributed by atoms with Crippen molar-refractivity contribution in [3.63, 3.8) is 0 Å². The normalized spacial score (nSPS) is 28.8. The van der Waals surface area contributed by atoms with Crippen molar-refractivity contribution in [2.75, 3.05) is 4.90 Å². The average Bonchev–Trinajstić information content (AvgIpc) is 3.24. The van der Waals surface area contributed by atoms with Crippen LogP contribution in [0.2, 0.25) is 0 Å². The Labute approximate surface area is 199 Å². The zero-order valence-corrected chi connectivity index (χ0v) is 19.7. The van der Waals surface area contributed by atoms with Gasteiger partial charge in [0.25, 0.3) is 0 Å². The second kappa shape index (κ2) is 6.15. The van der Waals surface area contributed by atoms with Crippen LogP contribution in [0, 0.1) is 22.2 Å². The minimum Gasteiger partial charge on any atom is -0.446 e. The van der Waals surface area contributed by atoms with Crippen LogP contribution < -0.4 is 10.6 Å². The Bertz CT molecular complexity index is 1400. The maximum absolute atomic E-state index is 14.2. The molecule has 6 nitrogen and oxygen atoms in total. The van der Waals surface area contributed by atoms with Crippen molar-refractivity contribution in [2.24, 2.45) is 16.6 Å². The van der Waals surface area contributed by atoms with E-state index in [2.05, 4.69) is 22.0 Å². The highest BCUT2D eigenvalue weighted by Gasteiger charge is 2.81. The highest BCUT2D eigenvalue weighted by Crippen LogP contribution is 2.72. The number of fused-ring (bicyclic) bond motifs is 1. The van der Waals surface area contributed by atoms with Gasteiger partial charge in [-0.2, -0.15) is 5.26 Å². The number of benzene rings is 2. The van der Waals surface area contributed by atoms with E-state index in [0.717, 1.165) is 15.9 Å². The number of rotatable bonds is 1. The maximum atomic E-state index is 14.2. The lowest BCUT2D eigenvalue weighted by atomic mass is 9.64. The standard InChI is InChI=1S/C26H20BrN3O3/c1-24(2)11-19-21(20(31)12-24)25-18(13-28)23(29)33-26(25,17-6-4-3-5-16(17)22(25)32)30(19)15-9-7-14(27)8-10-15/h3-10H,11-12,29H2,1-2H3/t25-,26-/m1/s1. The smallest absolute Gasteiger partial charge is 0.238 e. The Kier molecular flexibility index (Phi) is 3.77. The fraction of sp³-hybridized carbons (Fsp3) is 0.269. The zero-order valence-electron chi connectivity index (χ0n) is 18.1. The largest absolute Gasteiger partial charge is 0.446 e. The van der Waals surface area contributed by atoms with Crippen molar-refractivity contribution in [2.45, 2.75) is 32.4 Å². The van der Waals surface area contributed by atoms with Crippen LogP contribution in [0.15, 0.2) is 75.7 Å². The number of ether oxygens (including phenoxy) is 1. The van der Waals surface area contributed by atoms with Gasteiger partial charge in [0, 0.05) is 39.0 Å².